The molecule has 27 heavy (non-hydrogen) atoms. The first kappa shape index (κ1) is 20.3. The molecule has 0 aliphatic rings. The lowest BCUT2D eigenvalue weighted by Crippen LogP contribution is -2.45. The molecule has 2 rings (SSSR count). The maximum Gasteiger partial charge on any atom is 0.573 e. The Morgan fingerprint density at radius 1 is 1.00 bits per heavy atom. The predicted octanol–water partition coefficient (Wildman–Crippen LogP) is 3.29. The summed E-state index contributed by atoms with van der Waals surface area (Å²) >= 11 is 5.04. The molecule has 0 radical (unpaired) electrons. The van der Waals surface area contributed by atoms with Gasteiger partial charge in [-0.3, -0.25) is 15.6 Å². The van der Waals surface area contributed by atoms with Gasteiger partial charge in [0.05, 0.1) is 0 Å². The highest BCUT2D eigenvalue weighted by Crippen LogP contribution is 2.24. The first-order valence-corrected chi connectivity index (χ1v) is 8.03. The third-order valence-corrected chi connectivity index (χ3v) is 3.26. The van der Waals surface area contributed by atoms with Crippen molar-refractivity contribution in [3.63, 3.8) is 0 Å². The molecule has 6 nitrogen and oxygen atoms in total. The Morgan fingerprint density at radius 2 is 1.59 bits per heavy atom. The van der Waals surface area contributed by atoms with Crippen LogP contribution in [0.5, 0.6) is 11.5 Å². The van der Waals surface area contributed by atoms with Crippen LogP contribution in [0, 0.1) is 6.92 Å². The Balaban J connectivity index is 1.71. The number of thiocarbonyl (C=S) groups is 1. The third kappa shape index (κ3) is 7.82. The largest absolute Gasteiger partial charge is 0.573 e. The third-order valence-electron chi connectivity index (χ3n) is 3.05. The van der Waals surface area contributed by atoms with E-state index in [9.17, 15) is 18.0 Å². The lowest BCUT2D eigenvalue weighted by atomic mass is 10.2. The standard InChI is InChI=1S/C17H16F3N3O3S/c1-11-2-4-12(5-3-11)21-16(27)23-22-15(24)10-25-13-6-8-14(9-7-13)26-17(18,19)20/h2-9H,10H2,1H3,(H,22,24)(H2,21,23,27). The van der Waals surface area contributed by atoms with Gasteiger partial charge in [-0.2, -0.15) is 0 Å². The van der Waals surface area contributed by atoms with Crippen LogP contribution in [0.2, 0.25) is 0 Å². The lowest BCUT2D eigenvalue weighted by molar-refractivity contribution is -0.274. The van der Waals surface area contributed by atoms with Crippen LogP contribution >= 0.6 is 12.2 Å². The van der Waals surface area contributed by atoms with Gasteiger partial charge in [0.25, 0.3) is 5.91 Å². The monoisotopic (exact) mass is 399 g/mol. The predicted molar refractivity (Wildman–Crippen MR) is 97.3 cm³/mol. The molecule has 3 N–H and O–H groups in total. The summed E-state index contributed by atoms with van der Waals surface area (Å²) < 4.78 is 45.1. The summed E-state index contributed by atoms with van der Waals surface area (Å²) in [6.07, 6.45) is -4.76. The van der Waals surface area contributed by atoms with Crippen LogP contribution in [0.3, 0.4) is 0 Å². The first-order chi connectivity index (χ1) is 12.7. The smallest absolute Gasteiger partial charge is 0.484 e. The van der Waals surface area contributed by atoms with Crippen molar-refractivity contribution in [2.75, 3.05) is 11.9 Å². The van der Waals surface area contributed by atoms with Crippen molar-refractivity contribution in [2.24, 2.45) is 0 Å². The quantitative estimate of drug-likeness (QED) is 0.530. The number of hydrogen-bond acceptors (Lipinski definition) is 4. The van der Waals surface area contributed by atoms with Gasteiger partial charge in [-0.15, -0.1) is 13.2 Å². The van der Waals surface area contributed by atoms with E-state index in [1.807, 2.05) is 31.2 Å². The van der Waals surface area contributed by atoms with Crippen LogP contribution in [0.25, 0.3) is 0 Å². The summed E-state index contributed by atoms with van der Waals surface area (Å²) in [5.41, 5.74) is 6.70. The van der Waals surface area contributed by atoms with Gasteiger partial charge < -0.3 is 14.8 Å². The van der Waals surface area contributed by atoms with Crippen molar-refractivity contribution in [3.05, 3.63) is 54.1 Å². The molecule has 0 aliphatic carbocycles. The second-order valence-corrected chi connectivity index (χ2v) is 5.71. The van der Waals surface area contributed by atoms with Crippen LogP contribution in [0.1, 0.15) is 5.56 Å². The molecule has 0 saturated heterocycles. The van der Waals surface area contributed by atoms with E-state index in [2.05, 4.69) is 20.9 Å². The molecular weight excluding hydrogens is 383 g/mol. The van der Waals surface area contributed by atoms with E-state index in [0.717, 1.165) is 23.4 Å². The van der Waals surface area contributed by atoms with Gasteiger partial charge in [0.15, 0.2) is 11.7 Å². The Hall–Kier alpha value is -3.01. The van der Waals surface area contributed by atoms with Gasteiger partial charge in [0, 0.05) is 5.69 Å². The maximum atomic E-state index is 12.1. The molecule has 0 spiro atoms. The summed E-state index contributed by atoms with van der Waals surface area (Å²) in [7, 11) is 0. The number of carbonyl (C=O) groups excluding carboxylic acids is 1. The average molecular weight is 399 g/mol. The Kier molecular flexibility index (Phi) is 6.83. The molecular formula is C17H16F3N3O3S. The molecule has 144 valence electrons. The van der Waals surface area contributed by atoms with E-state index in [1.165, 1.54) is 12.1 Å². The normalized spacial score (nSPS) is 10.7. The van der Waals surface area contributed by atoms with Crippen LogP contribution in [0.4, 0.5) is 18.9 Å². The average Bonchev–Trinajstić information content (AvgIpc) is 2.60. The highest BCUT2D eigenvalue weighted by Gasteiger charge is 2.30. The van der Waals surface area contributed by atoms with Crippen molar-refractivity contribution >= 4 is 28.9 Å². The van der Waals surface area contributed by atoms with Gasteiger partial charge in [-0.1, -0.05) is 17.7 Å². The van der Waals surface area contributed by atoms with E-state index in [4.69, 9.17) is 17.0 Å². The first-order valence-electron chi connectivity index (χ1n) is 7.62. The van der Waals surface area contributed by atoms with Crippen molar-refractivity contribution in [3.8, 4) is 11.5 Å². The number of halogens is 3. The summed E-state index contributed by atoms with van der Waals surface area (Å²) in [4.78, 5) is 11.7. The topological polar surface area (TPSA) is 71.6 Å². The van der Waals surface area contributed by atoms with Crippen LogP contribution < -0.4 is 25.6 Å². The zero-order chi connectivity index (χ0) is 19.9. The molecule has 0 aromatic heterocycles. The fraction of sp³-hybridized carbons (Fsp3) is 0.176. The van der Waals surface area contributed by atoms with Gasteiger partial charge in [0.2, 0.25) is 0 Å². The molecule has 10 heteroatoms. The zero-order valence-electron chi connectivity index (χ0n) is 14.1. The molecule has 2 aromatic carbocycles. The molecule has 0 heterocycles. The number of aryl methyl sites for hydroxylation is 1. The lowest BCUT2D eigenvalue weighted by Gasteiger charge is -2.12. The minimum Gasteiger partial charge on any atom is -0.484 e. The fourth-order valence-electron chi connectivity index (χ4n) is 1.85. The summed E-state index contributed by atoms with van der Waals surface area (Å²) in [6.45, 7) is 1.59. The summed E-state index contributed by atoms with van der Waals surface area (Å²) in [6, 6.07) is 12.2. The highest BCUT2D eigenvalue weighted by molar-refractivity contribution is 7.80. The number of rotatable bonds is 5. The van der Waals surface area contributed by atoms with Gasteiger partial charge >= 0.3 is 6.36 Å². The van der Waals surface area contributed by atoms with Gasteiger partial charge in [-0.05, 0) is 55.5 Å². The van der Waals surface area contributed by atoms with Gasteiger partial charge in [-0.25, -0.2) is 0 Å². The second kappa shape index (κ2) is 9.08. The van der Waals surface area contributed by atoms with Gasteiger partial charge in [0.1, 0.15) is 11.5 Å². The zero-order valence-corrected chi connectivity index (χ0v) is 14.9. The molecule has 0 saturated carbocycles. The van der Waals surface area contributed by atoms with E-state index in [0.29, 0.717) is 0 Å². The number of ether oxygens (including phenoxy) is 2. The molecule has 0 atom stereocenters. The maximum absolute atomic E-state index is 12.1. The molecule has 2 aromatic rings. The number of hydrazine groups is 1. The van der Waals surface area contributed by atoms with E-state index >= 15 is 0 Å². The SMILES string of the molecule is Cc1ccc(NC(=S)NNC(=O)COc2ccc(OC(F)(F)F)cc2)cc1. The summed E-state index contributed by atoms with van der Waals surface area (Å²) in [5, 5.41) is 3.06. The molecule has 0 bridgehead atoms. The second-order valence-electron chi connectivity index (χ2n) is 5.30. The Morgan fingerprint density at radius 3 is 2.19 bits per heavy atom. The number of carbonyl (C=O) groups is 1. The van der Waals surface area contributed by atoms with Crippen molar-refractivity contribution in [2.45, 2.75) is 13.3 Å². The van der Waals surface area contributed by atoms with Crippen molar-refractivity contribution in [1.29, 1.82) is 0 Å². The highest BCUT2D eigenvalue weighted by atomic mass is 32.1. The number of nitrogens with one attached hydrogen (secondary N) is 3. The van der Waals surface area contributed by atoms with Crippen LogP contribution in [-0.4, -0.2) is 24.0 Å². The molecule has 0 fully saturated rings. The molecule has 1 amide bonds. The fourth-order valence-corrected chi connectivity index (χ4v) is 2.02. The van der Waals surface area contributed by atoms with E-state index in [-0.39, 0.29) is 23.2 Å². The Labute approximate surface area is 158 Å². The van der Waals surface area contributed by atoms with Crippen LogP contribution in [0.15, 0.2) is 48.5 Å². The molecule has 0 aliphatic heterocycles. The van der Waals surface area contributed by atoms with Crippen molar-refractivity contribution in [1.82, 2.24) is 10.9 Å². The minimum atomic E-state index is -4.76. The number of benzene rings is 2. The molecule has 0 unspecified atom stereocenters. The number of anilines is 1. The Bertz CT molecular complexity index is 781. The number of hydrogen-bond donors (Lipinski definition) is 3. The van der Waals surface area contributed by atoms with E-state index in [1.54, 1.807) is 0 Å². The van der Waals surface area contributed by atoms with E-state index < -0.39 is 12.3 Å². The van der Waals surface area contributed by atoms with Crippen molar-refractivity contribution < 1.29 is 27.4 Å². The summed E-state index contributed by atoms with van der Waals surface area (Å²) in [5.74, 6) is -0.702. The van der Waals surface area contributed by atoms with Crippen LogP contribution in [-0.2, 0) is 4.79 Å². The number of amides is 1. The number of alkyl halides is 3. The minimum absolute atomic E-state index is 0.181.